The Morgan fingerprint density at radius 2 is 1.75 bits per heavy atom. The van der Waals surface area contributed by atoms with Gasteiger partial charge in [-0.15, -0.1) is 0 Å². The molecule has 1 N–H and O–H groups in total. The molecule has 1 aromatic rings. The first-order valence-corrected chi connectivity index (χ1v) is 6.15. The fourth-order valence-corrected chi connectivity index (χ4v) is 2.65. The number of aliphatic hydroxyl groups is 1. The molecule has 1 aliphatic heterocycles. The number of benzene rings is 1. The molecular formula is C14H21NO. The largest absolute Gasteiger partial charge is 0.387 e. The Balaban J connectivity index is 2.10. The molecule has 1 heterocycles. The maximum atomic E-state index is 10.3. The van der Waals surface area contributed by atoms with E-state index in [1.807, 2.05) is 0 Å². The van der Waals surface area contributed by atoms with Gasteiger partial charge in [0, 0.05) is 6.54 Å². The molecule has 1 fully saturated rings. The van der Waals surface area contributed by atoms with Crippen molar-refractivity contribution in [2.75, 3.05) is 19.6 Å². The molecule has 2 rings (SSSR count). The molecule has 1 aliphatic rings. The molecule has 88 valence electrons. The molecule has 2 heteroatoms. The third-order valence-corrected chi connectivity index (χ3v) is 3.51. The number of β-amino-alcohol motifs (C(OH)–C–C–N with tert-alkyl or cyclic N) is 1. The van der Waals surface area contributed by atoms with Crippen molar-refractivity contribution in [1.82, 2.24) is 4.90 Å². The van der Waals surface area contributed by atoms with Crippen LogP contribution in [0.15, 0.2) is 18.2 Å². The SMILES string of the molecule is Cc1cccc(C)c1C(O)CN1CCCC1. The molecule has 16 heavy (non-hydrogen) atoms. The van der Waals surface area contributed by atoms with Gasteiger partial charge in [0.2, 0.25) is 0 Å². The molecule has 1 unspecified atom stereocenters. The van der Waals surface area contributed by atoms with Crippen LogP contribution in [0.5, 0.6) is 0 Å². The van der Waals surface area contributed by atoms with Gasteiger partial charge in [0.05, 0.1) is 6.10 Å². The average Bonchev–Trinajstić information content (AvgIpc) is 2.70. The van der Waals surface area contributed by atoms with Crippen molar-refractivity contribution in [3.05, 3.63) is 34.9 Å². The van der Waals surface area contributed by atoms with Crippen LogP contribution >= 0.6 is 0 Å². The first-order valence-electron chi connectivity index (χ1n) is 6.15. The summed E-state index contributed by atoms with van der Waals surface area (Å²) in [6.45, 7) is 7.22. The van der Waals surface area contributed by atoms with E-state index in [9.17, 15) is 5.11 Å². The minimum Gasteiger partial charge on any atom is -0.387 e. The van der Waals surface area contributed by atoms with Gasteiger partial charge in [-0.25, -0.2) is 0 Å². The summed E-state index contributed by atoms with van der Waals surface area (Å²) in [6.07, 6.45) is 2.22. The Labute approximate surface area is 97.9 Å². The van der Waals surface area contributed by atoms with Gasteiger partial charge in [0.25, 0.3) is 0 Å². The maximum Gasteiger partial charge on any atom is 0.0922 e. The molecule has 1 saturated heterocycles. The summed E-state index contributed by atoms with van der Waals surface area (Å²) < 4.78 is 0. The van der Waals surface area contributed by atoms with Crippen LogP contribution in [0.4, 0.5) is 0 Å². The number of likely N-dealkylation sites (tertiary alicyclic amines) is 1. The summed E-state index contributed by atoms with van der Waals surface area (Å²) in [5.74, 6) is 0. The van der Waals surface area contributed by atoms with Crippen LogP contribution in [-0.2, 0) is 0 Å². The second-order valence-electron chi connectivity index (χ2n) is 4.83. The van der Waals surface area contributed by atoms with Gasteiger partial charge >= 0.3 is 0 Å². The first kappa shape index (κ1) is 11.6. The summed E-state index contributed by atoms with van der Waals surface area (Å²) in [6, 6.07) is 6.21. The van der Waals surface area contributed by atoms with Crippen molar-refractivity contribution in [2.45, 2.75) is 32.8 Å². The first-order chi connectivity index (χ1) is 7.68. The second-order valence-corrected chi connectivity index (χ2v) is 4.83. The third-order valence-electron chi connectivity index (χ3n) is 3.51. The summed E-state index contributed by atoms with van der Waals surface area (Å²) in [5, 5.41) is 10.3. The van der Waals surface area contributed by atoms with E-state index in [-0.39, 0.29) is 6.10 Å². The maximum absolute atomic E-state index is 10.3. The quantitative estimate of drug-likeness (QED) is 0.844. The molecule has 1 aromatic carbocycles. The van der Waals surface area contributed by atoms with E-state index in [4.69, 9.17) is 0 Å². The fraction of sp³-hybridized carbons (Fsp3) is 0.571. The van der Waals surface area contributed by atoms with Crippen molar-refractivity contribution in [3.63, 3.8) is 0 Å². The summed E-state index contributed by atoms with van der Waals surface area (Å²) in [4.78, 5) is 2.36. The smallest absolute Gasteiger partial charge is 0.0922 e. The summed E-state index contributed by atoms with van der Waals surface area (Å²) in [5.41, 5.74) is 3.52. The molecule has 0 spiro atoms. The van der Waals surface area contributed by atoms with E-state index < -0.39 is 0 Å². The minimum atomic E-state index is -0.334. The van der Waals surface area contributed by atoms with Gasteiger partial charge in [-0.05, 0) is 56.5 Å². The average molecular weight is 219 g/mol. The van der Waals surface area contributed by atoms with Gasteiger partial charge in [0.15, 0.2) is 0 Å². The van der Waals surface area contributed by atoms with E-state index in [1.54, 1.807) is 0 Å². The van der Waals surface area contributed by atoms with Gasteiger partial charge in [0.1, 0.15) is 0 Å². The number of aliphatic hydroxyl groups excluding tert-OH is 1. The normalized spacial score (nSPS) is 18.9. The van der Waals surface area contributed by atoms with Crippen LogP contribution in [-0.4, -0.2) is 29.6 Å². The van der Waals surface area contributed by atoms with Gasteiger partial charge in [-0.3, -0.25) is 0 Å². The zero-order valence-electron chi connectivity index (χ0n) is 10.2. The molecule has 0 aliphatic carbocycles. The predicted octanol–water partition coefficient (Wildman–Crippen LogP) is 2.43. The zero-order valence-corrected chi connectivity index (χ0v) is 10.2. The number of rotatable bonds is 3. The lowest BCUT2D eigenvalue weighted by Crippen LogP contribution is -2.26. The fourth-order valence-electron chi connectivity index (χ4n) is 2.65. The lowest BCUT2D eigenvalue weighted by molar-refractivity contribution is 0.125. The van der Waals surface area contributed by atoms with E-state index in [0.29, 0.717) is 0 Å². The lowest BCUT2D eigenvalue weighted by Gasteiger charge is -2.22. The highest BCUT2D eigenvalue weighted by Gasteiger charge is 2.19. The van der Waals surface area contributed by atoms with Crippen LogP contribution in [0.1, 0.15) is 35.6 Å². The monoisotopic (exact) mass is 219 g/mol. The van der Waals surface area contributed by atoms with Crippen molar-refractivity contribution < 1.29 is 5.11 Å². The Hall–Kier alpha value is -0.860. The van der Waals surface area contributed by atoms with E-state index in [0.717, 1.165) is 25.2 Å². The number of hydrogen-bond donors (Lipinski definition) is 1. The van der Waals surface area contributed by atoms with Crippen LogP contribution in [0, 0.1) is 13.8 Å². The Morgan fingerprint density at radius 3 is 2.31 bits per heavy atom. The topological polar surface area (TPSA) is 23.5 Å². The highest BCUT2D eigenvalue weighted by atomic mass is 16.3. The van der Waals surface area contributed by atoms with Crippen molar-refractivity contribution in [1.29, 1.82) is 0 Å². The van der Waals surface area contributed by atoms with Crippen LogP contribution in [0.3, 0.4) is 0 Å². The van der Waals surface area contributed by atoms with E-state index in [1.165, 1.54) is 24.0 Å². The third kappa shape index (κ3) is 2.45. The van der Waals surface area contributed by atoms with Crippen LogP contribution in [0.25, 0.3) is 0 Å². The molecular weight excluding hydrogens is 198 g/mol. The minimum absolute atomic E-state index is 0.334. The van der Waals surface area contributed by atoms with Crippen molar-refractivity contribution >= 4 is 0 Å². The molecule has 0 radical (unpaired) electrons. The lowest BCUT2D eigenvalue weighted by atomic mass is 9.98. The Kier molecular flexibility index (Phi) is 3.62. The Morgan fingerprint density at radius 1 is 1.19 bits per heavy atom. The standard InChI is InChI=1S/C14H21NO/c1-11-6-5-7-12(2)14(11)13(16)10-15-8-3-4-9-15/h5-7,13,16H,3-4,8-10H2,1-2H3. The summed E-state index contributed by atoms with van der Waals surface area (Å²) in [7, 11) is 0. The molecule has 0 bridgehead atoms. The van der Waals surface area contributed by atoms with Crippen molar-refractivity contribution in [2.24, 2.45) is 0 Å². The predicted molar refractivity (Wildman–Crippen MR) is 66.5 cm³/mol. The molecule has 0 saturated carbocycles. The van der Waals surface area contributed by atoms with Crippen LogP contribution in [0.2, 0.25) is 0 Å². The highest BCUT2D eigenvalue weighted by Crippen LogP contribution is 2.23. The second kappa shape index (κ2) is 4.98. The van der Waals surface area contributed by atoms with Gasteiger partial charge in [-0.1, -0.05) is 18.2 Å². The van der Waals surface area contributed by atoms with Crippen LogP contribution < -0.4 is 0 Å². The number of aryl methyl sites for hydroxylation is 2. The van der Waals surface area contributed by atoms with Gasteiger partial charge < -0.3 is 10.0 Å². The highest BCUT2D eigenvalue weighted by molar-refractivity contribution is 5.35. The van der Waals surface area contributed by atoms with E-state index in [2.05, 4.69) is 36.9 Å². The zero-order chi connectivity index (χ0) is 11.5. The van der Waals surface area contributed by atoms with Gasteiger partial charge in [-0.2, -0.15) is 0 Å². The van der Waals surface area contributed by atoms with Crippen molar-refractivity contribution in [3.8, 4) is 0 Å². The number of nitrogens with zero attached hydrogens (tertiary/aromatic N) is 1. The molecule has 1 atom stereocenters. The van der Waals surface area contributed by atoms with E-state index >= 15 is 0 Å². The number of hydrogen-bond acceptors (Lipinski definition) is 2. The summed E-state index contributed by atoms with van der Waals surface area (Å²) >= 11 is 0. The molecule has 0 amide bonds. The molecule has 0 aromatic heterocycles. The molecule has 2 nitrogen and oxygen atoms in total. The Bertz CT molecular complexity index is 336.